The fourth-order valence-electron chi connectivity index (χ4n) is 0.882. The molecule has 4 nitrogen and oxygen atoms in total. The molecule has 0 fully saturated rings. The summed E-state index contributed by atoms with van der Waals surface area (Å²) in [6.45, 7) is 3.96. The van der Waals surface area contributed by atoms with Gasteiger partial charge in [0, 0.05) is 19.7 Å². The van der Waals surface area contributed by atoms with E-state index in [1.165, 1.54) is 6.42 Å². The molecule has 0 aliphatic heterocycles. The molecule has 0 unspecified atom stereocenters. The van der Waals surface area contributed by atoms with Crippen LogP contribution >= 0.6 is 0 Å². The molecule has 0 aliphatic rings. The second kappa shape index (κ2) is 9.48. The first-order valence-corrected chi connectivity index (χ1v) is 4.85. The van der Waals surface area contributed by atoms with E-state index in [4.69, 9.17) is 10.5 Å². The average Bonchev–Trinajstić information content (AvgIpc) is 2.14. The van der Waals surface area contributed by atoms with E-state index in [9.17, 15) is 4.79 Å². The number of unbranched alkanes of at least 4 members (excludes halogenated alkanes) is 2. The van der Waals surface area contributed by atoms with Gasteiger partial charge in [0.15, 0.2) is 0 Å². The highest BCUT2D eigenvalue weighted by Gasteiger charge is 1.98. The van der Waals surface area contributed by atoms with Crippen LogP contribution in [0, 0.1) is 0 Å². The van der Waals surface area contributed by atoms with Crippen LogP contribution in [-0.2, 0) is 9.53 Å². The highest BCUT2D eigenvalue weighted by molar-refractivity contribution is 5.77. The maximum Gasteiger partial charge on any atom is 0.246 e. The minimum Gasteiger partial charge on any atom is -0.372 e. The van der Waals surface area contributed by atoms with Gasteiger partial charge in [-0.05, 0) is 6.42 Å². The lowest BCUT2D eigenvalue weighted by atomic mass is 10.3. The number of amides is 1. The average molecular weight is 188 g/mol. The highest BCUT2D eigenvalue weighted by Crippen LogP contribution is 1.93. The van der Waals surface area contributed by atoms with Gasteiger partial charge < -0.3 is 15.8 Å². The van der Waals surface area contributed by atoms with Crippen LogP contribution < -0.4 is 11.1 Å². The van der Waals surface area contributed by atoms with Gasteiger partial charge in [-0.1, -0.05) is 19.8 Å². The number of hydrogen-bond donors (Lipinski definition) is 2. The van der Waals surface area contributed by atoms with Crippen molar-refractivity contribution in [1.82, 2.24) is 5.32 Å². The number of carbonyl (C=O) groups is 1. The van der Waals surface area contributed by atoms with E-state index in [1.807, 2.05) is 0 Å². The van der Waals surface area contributed by atoms with Gasteiger partial charge in [0.25, 0.3) is 0 Å². The zero-order chi connectivity index (χ0) is 9.94. The third-order valence-corrected chi connectivity index (χ3v) is 1.59. The maximum atomic E-state index is 10.9. The molecule has 0 saturated heterocycles. The number of carbonyl (C=O) groups excluding carboxylic acids is 1. The summed E-state index contributed by atoms with van der Waals surface area (Å²) in [7, 11) is 0. The van der Waals surface area contributed by atoms with Gasteiger partial charge in [-0.3, -0.25) is 4.79 Å². The SMILES string of the molecule is CCCCCOCC(=O)NCCN. The van der Waals surface area contributed by atoms with Crippen molar-refractivity contribution in [3.05, 3.63) is 0 Å². The van der Waals surface area contributed by atoms with Gasteiger partial charge in [0.2, 0.25) is 5.91 Å². The Morgan fingerprint density at radius 2 is 2.23 bits per heavy atom. The second-order valence-electron chi connectivity index (χ2n) is 2.90. The molecule has 4 heteroatoms. The summed E-state index contributed by atoms with van der Waals surface area (Å²) >= 11 is 0. The first-order valence-electron chi connectivity index (χ1n) is 4.85. The Morgan fingerprint density at radius 3 is 2.85 bits per heavy atom. The van der Waals surface area contributed by atoms with Crippen LogP contribution in [0.3, 0.4) is 0 Å². The number of hydrogen-bond acceptors (Lipinski definition) is 3. The summed E-state index contributed by atoms with van der Waals surface area (Å²) in [6, 6.07) is 0. The number of ether oxygens (including phenoxy) is 1. The van der Waals surface area contributed by atoms with Crippen LogP contribution in [0.15, 0.2) is 0 Å². The number of nitrogens with one attached hydrogen (secondary N) is 1. The Kier molecular flexibility index (Phi) is 9.03. The molecule has 0 radical (unpaired) electrons. The van der Waals surface area contributed by atoms with Gasteiger partial charge in [-0.2, -0.15) is 0 Å². The zero-order valence-electron chi connectivity index (χ0n) is 8.34. The van der Waals surface area contributed by atoms with E-state index < -0.39 is 0 Å². The third-order valence-electron chi connectivity index (χ3n) is 1.59. The van der Waals surface area contributed by atoms with E-state index >= 15 is 0 Å². The Bertz CT molecular complexity index is 129. The second-order valence-corrected chi connectivity index (χ2v) is 2.90. The summed E-state index contributed by atoms with van der Waals surface area (Å²) in [6.07, 6.45) is 3.35. The first-order chi connectivity index (χ1) is 6.31. The van der Waals surface area contributed by atoms with Gasteiger partial charge in [0.05, 0.1) is 0 Å². The lowest BCUT2D eigenvalue weighted by Gasteiger charge is -2.04. The lowest BCUT2D eigenvalue weighted by Crippen LogP contribution is -2.32. The van der Waals surface area contributed by atoms with E-state index in [-0.39, 0.29) is 12.5 Å². The van der Waals surface area contributed by atoms with Crippen LogP contribution in [-0.4, -0.2) is 32.2 Å². The van der Waals surface area contributed by atoms with Crippen molar-refractivity contribution >= 4 is 5.91 Å². The summed E-state index contributed by atoms with van der Waals surface area (Å²) in [5, 5.41) is 2.63. The van der Waals surface area contributed by atoms with Gasteiger partial charge >= 0.3 is 0 Å². The minimum atomic E-state index is -0.0815. The van der Waals surface area contributed by atoms with Crippen molar-refractivity contribution in [2.24, 2.45) is 5.73 Å². The van der Waals surface area contributed by atoms with Crippen molar-refractivity contribution in [2.75, 3.05) is 26.3 Å². The molecular weight excluding hydrogens is 168 g/mol. The Hall–Kier alpha value is -0.610. The fourth-order valence-corrected chi connectivity index (χ4v) is 0.882. The quantitative estimate of drug-likeness (QED) is 0.537. The summed E-state index contributed by atoms with van der Waals surface area (Å²) in [5.74, 6) is -0.0815. The normalized spacial score (nSPS) is 10.0. The van der Waals surface area contributed by atoms with Crippen LogP contribution in [0.1, 0.15) is 26.2 Å². The Labute approximate surface area is 79.8 Å². The molecule has 13 heavy (non-hydrogen) atoms. The van der Waals surface area contributed by atoms with Crippen molar-refractivity contribution < 1.29 is 9.53 Å². The highest BCUT2D eigenvalue weighted by atomic mass is 16.5. The molecule has 0 aromatic heterocycles. The summed E-state index contributed by atoms with van der Waals surface area (Å²) < 4.78 is 5.14. The van der Waals surface area contributed by atoms with Crippen LogP contribution in [0.2, 0.25) is 0 Å². The number of nitrogens with two attached hydrogens (primary N) is 1. The van der Waals surface area contributed by atoms with E-state index in [1.54, 1.807) is 0 Å². The zero-order valence-corrected chi connectivity index (χ0v) is 8.34. The smallest absolute Gasteiger partial charge is 0.246 e. The molecule has 0 rings (SSSR count). The molecule has 0 atom stereocenters. The van der Waals surface area contributed by atoms with E-state index in [2.05, 4.69) is 12.2 Å². The molecule has 0 saturated carbocycles. The predicted molar refractivity (Wildman–Crippen MR) is 52.4 cm³/mol. The van der Waals surface area contributed by atoms with Crippen molar-refractivity contribution in [3.63, 3.8) is 0 Å². The largest absolute Gasteiger partial charge is 0.372 e. The molecule has 0 aromatic carbocycles. The molecule has 1 amide bonds. The minimum absolute atomic E-state index is 0.0815. The van der Waals surface area contributed by atoms with Crippen molar-refractivity contribution in [1.29, 1.82) is 0 Å². The van der Waals surface area contributed by atoms with Crippen LogP contribution in [0.25, 0.3) is 0 Å². The Morgan fingerprint density at radius 1 is 1.46 bits per heavy atom. The molecule has 0 aromatic rings. The monoisotopic (exact) mass is 188 g/mol. The summed E-state index contributed by atoms with van der Waals surface area (Å²) in [5.41, 5.74) is 5.22. The summed E-state index contributed by atoms with van der Waals surface area (Å²) in [4.78, 5) is 10.9. The molecule has 3 N–H and O–H groups in total. The predicted octanol–water partition coefficient (Wildman–Crippen LogP) is 0.268. The van der Waals surface area contributed by atoms with Crippen molar-refractivity contribution in [3.8, 4) is 0 Å². The Balaban J connectivity index is 3.08. The molecular formula is C9H20N2O2. The number of rotatable bonds is 8. The molecule has 78 valence electrons. The topological polar surface area (TPSA) is 64.3 Å². The van der Waals surface area contributed by atoms with E-state index in [0.717, 1.165) is 12.8 Å². The molecule has 0 heterocycles. The maximum absolute atomic E-state index is 10.9. The molecule has 0 aliphatic carbocycles. The third kappa shape index (κ3) is 9.30. The van der Waals surface area contributed by atoms with Gasteiger partial charge in [-0.25, -0.2) is 0 Å². The van der Waals surface area contributed by atoms with Crippen LogP contribution in [0.5, 0.6) is 0 Å². The van der Waals surface area contributed by atoms with Crippen LogP contribution in [0.4, 0.5) is 0 Å². The van der Waals surface area contributed by atoms with Gasteiger partial charge in [0.1, 0.15) is 6.61 Å². The van der Waals surface area contributed by atoms with E-state index in [0.29, 0.717) is 19.7 Å². The molecule has 0 bridgehead atoms. The molecule has 0 spiro atoms. The fraction of sp³-hybridized carbons (Fsp3) is 0.889. The lowest BCUT2D eigenvalue weighted by molar-refractivity contribution is -0.125. The van der Waals surface area contributed by atoms with Gasteiger partial charge in [-0.15, -0.1) is 0 Å². The first kappa shape index (κ1) is 12.4. The van der Waals surface area contributed by atoms with Crippen molar-refractivity contribution in [2.45, 2.75) is 26.2 Å². The standard InChI is InChI=1S/C9H20N2O2/c1-2-3-4-7-13-8-9(12)11-6-5-10/h2-8,10H2,1H3,(H,11,12).